The second kappa shape index (κ2) is 13.2. The number of para-hydroxylation sites is 2. The fourth-order valence-corrected chi connectivity index (χ4v) is 8.51. The van der Waals surface area contributed by atoms with E-state index in [9.17, 15) is 0 Å². The summed E-state index contributed by atoms with van der Waals surface area (Å²) < 4.78 is 6.31. The average Bonchev–Trinajstić information content (AvgIpc) is 3.56. The molecule has 0 radical (unpaired) electrons. The monoisotopic (exact) mass is 675 g/mol. The highest BCUT2D eigenvalue weighted by Crippen LogP contribution is 2.46. The molecular formula is C50H45NO. The van der Waals surface area contributed by atoms with Gasteiger partial charge in [-0.3, -0.25) is 0 Å². The van der Waals surface area contributed by atoms with Gasteiger partial charge in [-0.15, -0.1) is 0 Å². The molecule has 256 valence electrons. The van der Waals surface area contributed by atoms with Crippen molar-refractivity contribution >= 4 is 49.8 Å². The molecular weight excluding hydrogens is 631 g/mol. The Morgan fingerprint density at radius 3 is 2.06 bits per heavy atom. The minimum Gasteiger partial charge on any atom is -0.456 e. The number of fused-ring (bicyclic) bond motifs is 4. The van der Waals surface area contributed by atoms with Gasteiger partial charge in [-0.25, -0.2) is 0 Å². The normalized spacial score (nSPS) is 14.0. The first-order valence-electron chi connectivity index (χ1n) is 19.0. The van der Waals surface area contributed by atoms with Gasteiger partial charge < -0.3 is 9.32 Å². The van der Waals surface area contributed by atoms with Gasteiger partial charge in [0, 0.05) is 27.7 Å². The molecule has 0 saturated heterocycles. The van der Waals surface area contributed by atoms with Gasteiger partial charge in [0.15, 0.2) is 0 Å². The van der Waals surface area contributed by atoms with Crippen LogP contribution in [0.5, 0.6) is 0 Å². The molecule has 2 heteroatoms. The van der Waals surface area contributed by atoms with Crippen molar-refractivity contribution in [2.45, 2.75) is 64.2 Å². The molecule has 9 rings (SSSR count). The largest absolute Gasteiger partial charge is 0.456 e. The third kappa shape index (κ3) is 5.87. The molecule has 1 saturated carbocycles. The Morgan fingerprint density at radius 1 is 0.538 bits per heavy atom. The predicted molar refractivity (Wildman–Crippen MR) is 221 cm³/mol. The summed E-state index contributed by atoms with van der Waals surface area (Å²) in [4.78, 5) is 2.45. The summed E-state index contributed by atoms with van der Waals surface area (Å²) in [7, 11) is 0. The number of anilines is 3. The van der Waals surface area contributed by atoms with Gasteiger partial charge >= 0.3 is 0 Å². The Morgan fingerprint density at radius 2 is 1.23 bits per heavy atom. The number of nitrogens with zero attached hydrogens (tertiary/aromatic N) is 1. The van der Waals surface area contributed by atoms with Crippen molar-refractivity contribution in [1.82, 2.24) is 0 Å². The average molecular weight is 676 g/mol. The molecule has 7 aromatic carbocycles. The lowest BCUT2D eigenvalue weighted by atomic mass is 9.80. The molecule has 0 atom stereocenters. The summed E-state index contributed by atoms with van der Waals surface area (Å²) in [6.45, 7) is 6.84. The van der Waals surface area contributed by atoms with Gasteiger partial charge in [-0.05, 0) is 111 Å². The summed E-state index contributed by atoms with van der Waals surface area (Å²) in [6, 6.07) is 55.8. The van der Waals surface area contributed by atoms with Crippen molar-refractivity contribution < 1.29 is 4.42 Å². The Hall–Kier alpha value is -5.60. The molecule has 1 aliphatic carbocycles. The van der Waals surface area contributed by atoms with E-state index < -0.39 is 0 Å². The fourth-order valence-electron chi connectivity index (χ4n) is 8.51. The number of hydrogen-bond acceptors (Lipinski definition) is 2. The van der Waals surface area contributed by atoms with Gasteiger partial charge in [0.05, 0.1) is 5.69 Å². The molecule has 8 aromatic rings. The van der Waals surface area contributed by atoms with E-state index in [0.717, 1.165) is 44.4 Å². The van der Waals surface area contributed by atoms with Crippen LogP contribution >= 0.6 is 0 Å². The molecule has 1 aliphatic rings. The maximum atomic E-state index is 6.31. The predicted octanol–water partition coefficient (Wildman–Crippen LogP) is 14.9. The zero-order chi connectivity index (χ0) is 35.2. The van der Waals surface area contributed by atoms with Crippen LogP contribution in [0.25, 0.3) is 55.0 Å². The van der Waals surface area contributed by atoms with Crippen LogP contribution in [-0.2, 0) is 5.41 Å². The van der Waals surface area contributed by atoms with Crippen LogP contribution in [0.15, 0.2) is 156 Å². The third-order valence-electron chi connectivity index (χ3n) is 11.2. The highest BCUT2D eigenvalue weighted by molar-refractivity contribution is 6.06. The number of furan rings is 1. The van der Waals surface area contributed by atoms with E-state index >= 15 is 0 Å². The zero-order valence-corrected chi connectivity index (χ0v) is 30.4. The minimum atomic E-state index is 0.0644. The lowest BCUT2D eigenvalue weighted by Crippen LogP contribution is -2.14. The minimum absolute atomic E-state index is 0.0644. The Labute approximate surface area is 307 Å². The van der Waals surface area contributed by atoms with Crippen molar-refractivity contribution in [2.75, 3.05) is 4.90 Å². The number of benzene rings is 7. The second-order valence-corrected chi connectivity index (χ2v) is 15.6. The quantitative estimate of drug-likeness (QED) is 0.174. The van der Waals surface area contributed by atoms with Crippen molar-refractivity contribution in [3.8, 4) is 22.3 Å². The first kappa shape index (κ1) is 32.3. The lowest BCUT2D eigenvalue weighted by molar-refractivity contribution is 0.445. The Bertz CT molecular complexity index is 2540. The van der Waals surface area contributed by atoms with Crippen LogP contribution in [0.2, 0.25) is 0 Å². The first-order valence-corrected chi connectivity index (χ1v) is 19.0. The fraction of sp³-hybridized carbons (Fsp3) is 0.200. The second-order valence-electron chi connectivity index (χ2n) is 15.6. The molecule has 1 fully saturated rings. The smallest absolute Gasteiger partial charge is 0.136 e. The Kier molecular flexibility index (Phi) is 8.19. The summed E-state index contributed by atoms with van der Waals surface area (Å²) in [5.41, 5.74) is 13.0. The van der Waals surface area contributed by atoms with Crippen molar-refractivity contribution in [1.29, 1.82) is 0 Å². The highest BCUT2D eigenvalue weighted by Gasteiger charge is 2.23. The van der Waals surface area contributed by atoms with Gasteiger partial charge in [0.2, 0.25) is 0 Å². The molecule has 1 heterocycles. The van der Waals surface area contributed by atoms with Crippen LogP contribution in [0, 0.1) is 0 Å². The van der Waals surface area contributed by atoms with E-state index in [1.807, 2.05) is 12.1 Å². The molecule has 2 nitrogen and oxygen atoms in total. The van der Waals surface area contributed by atoms with E-state index in [2.05, 4.69) is 165 Å². The molecule has 0 N–H and O–H groups in total. The number of rotatable bonds is 6. The van der Waals surface area contributed by atoms with Crippen LogP contribution in [0.4, 0.5) is 17.1 Å². The SMILES string of the molecule is CC(C)(C)c1ccc(N(c2cccc(-c3ccc4c(c3)oc3ccccc34)c2)c2ccccc2-c2cccc3cccc(C4CCCCC4)c23)cc1. The van der Waals surface area contributed by atoms with Gasteiger partial charge in [-0.2, -0.15) is 0 Å². The standard InChI is InChI=1S/C50H45NO/c1-50(2,3)38-27-29-39(30-28-38)51(40-19-11-18-36(32-40)37-26-31-44-43-21-8-10-25-47(43)52-48(44)33-37)46-24-9-7-20-42(46)45-23-13-17-35-16-12-22-41(49(35)45)34-14-5-4-6-15-34/h7-13,16-34H,4-6,14-15H2,1-3H3. The highest BCUT2D eigenvalue weighted by atomic mass is 16.3. The van der Waals surface area contributed by atoms with E-state index in [4.69, 9.17) is 4.42 Å². The molecule has 0 bridgehead atoms. The van der Waals surface area contributed by atoms with Crippen LogP contribution < -0.4 is 4.90 Å². The maximum Gasteiger partial charge on any atom is 0.136 e. The van der Waals surface area contributed by atoms with Crippen LogP contribution in [0.3, 0.4) is 0 Å². The van der Waals surface area contributed by atoms with Crippen molar-refractivity contribution in [2.24, 2.45) is 0 Å². The third-order valence-corrected chi connectivity index (χ3v) is 11.2. The van der Waals surface area contributed by atoms with Crippen molar-refractivity contribution in [3.63, 3.8) is 0 Å². The van der Waals surface area contributed by atoms with E-state index in [1.54, 1.807) is 0 Å². The molecule has 0 aliphatic heterocycles. The summed E-state index contributed by atoms with van der Waals surface area (Å²) >= 11 is 0. The summed E-state index contributed by atoms with van der Waals surface area (Å²) in [6.07, 6.45) is 6.53. The summed E-state index contributed by atoms with van der Waals surface area (Å²) in [5, 5.41) is 5.02. The lowest BCUT2D eigenvalue weighted by Gasteiger charge is -2.30. The van der Waals surface area contributed by atoms with Gasteiger partial charge in [0.1, 0.15) is 11.2 Å². The maximum absolute atomic E-state index is 6.31. The first-order chi connectivity index (χ1) is 25.4. The van der Waals surface area contributed by atoms with Crippen LogP contribution in [0.1, 0.15) is 69.9 Å². The summed E-state index contributed by atoms with van der Waals surface area (Å²) in [5.74, 6) is 0.604. The van der Waals surface area contributed by atoms with Crippen LogP contribution in [-0.4, -0.2) is 0 Å². The topological polar surface area (TPSA) is 16.4 Å². The van der Waals surface area contributed by atoms with Gasteiger partial charge in [0.25, 0.3) is 0 Å². The van der Waals surface area contributed by atoms with E-state index in [-0.39, 0.29) is 5.41 Å². The molecule has 1 aromatic heterocycles. The molecule has 0 unspecified atom stereocenters. The van der Waals surface area contributed by atoms with Crippen molar-refractivity contribution in [3.05, 3.63) is 163 Å². The van der Waals surface area contributed by atoms with Gasteiger partial charge in [-0.1, -0.05) is 143 Å². The molecule has 0 spiro atoms. The van der Waals surface area contributed by atoms with E-state index in [0.29, 0.717) is 5.92 Å². The molecule has 52 heavy (non-hydrogen) atoms. The van der Waals surface area contributed by atoms with E-state index in [1.165, 1.54) is 70.8 Å². The number of hydrogen-bond donors (Lipinski definition) is 0. The molecule has 0 amide bonds. The zero-order valence-electron chi connectivity index (χ0n) is 30.4. The Balaban J connectivity index is 1.22.